The Hall–Kier alpha value is -2.63. The summed E-state index contributed by atoms with van der Waals surface area (Å²) < 4.78 is 0. The van der Waals surface area contributed by atoms with Gasteiger partial charge in [-0.25, -0.2) is 19.9 Å². The lowest BCUT2D eigenvalue weighted by Gasteiger charge is -2.06. The minimum atomic E-state index is 0.174. The van der Waals surface area contributed by atoms with Gasteiger partial charge in [-0.15, -0.1) is 0 Å². The average molecular weight is 500 g/mol. The molecule has 0 saturated heterocycles. The molecule has 0 aliphatic carbocycles. The first-order chi connectivity index (χ1) is 16.1. The third-order valence-corrected chi connectivity index (χ3v) is 6.71. The van der Waals surface area contributed by atoms with Crippen molar-refractivity contribution in [3.63, 3.8) is 0 Å². The van der Waals surface area contributed by atoms with Crippen LogP contribution in [0.1, 0.15) is 17.8 Å². The summed E-state index contributed by atoms with van der Waals surface area (Å²) >= 11 is 9.20. The molecule has 8 nitrogen and oxygen atoms in total. The molecule has 3 aromatic heterocycles. The van der Waals surface area contributed by atoms with Crippen molar-refractivity contribution in [1.82, 2.24) is 30.2 Å². The van der Waals surface area contributed by atoms with E-state index in [1.54, 1.807) is 18.6 Å². The molecular formula is C22H22ClN7OS2. The number of hydrogen-bond donors (Lipinski definition) is 3. The number of aryl methyl sites for hydroxylation is 1. The molecule has 0 unspecified atom stereocenters. The number of rotatable bonds is 10. The summed E-state index contributed by atoms with van der Waals surface area (Å²) in [5.41, 5.74) is 2.50. The predicted octanol–water partition coefficient (Wildman–Crippen LogP) is 4.72. The van der Waals surface area contributed by atoms with E-state index in [1.807, 2.05) is 37.3 Å². The monoisotopic (exact) mass is 499 g/mol. The van der Waals surface area contributed by atoms with Gasteiger partial charge in [0, 0.05) is 29.9 Å². The van der Waals surface area contributed by atoms with Crippen molar-refractivity contribution in [3.8, 4) is 10.6 Å². The standard InChI is InChI=1S/C22H22ClN7OS2/c1-14-9-17(29-22(28-14)32-18-6-3-2-5-16(18)23)19-12-27-21(33-19)30-20-13-25-15(11-26-20)10-24-7-4-8-31/h2-3,5-6,9,11-13,24,31H,4,7-8,10H2,1H3,(H,26,27,30). The van der Waals surface area contributed by atoms with Crippen LogP contribution in [0.2, 0.25) is 5.02 Å². The molecule has 0 atom stereocenters. The fourth-order valence-corrected chi connectivity index (χ4v) is 4.71. The van der Waals surface area contributed by atoms with E-state index < -0.39 is 0 Å². The van der Waals surface area contributed by atoms with Crippen LogP contribution in [0.4, 0.5) is 10.9 Å². The first kappa shape index (κ1) is 23.5. The first-order valence-corrected chi connectivity index (χ1v) is 12.3. The Bertz CT molecular complexity index is 1200. The van der Waals surface area contributed by atoms with Crippen LogP contribution in [0.3, 0.4) is 0 Å². The number of aliphatic hydroxyl groups excluding tert-OH is 1. The van der Waals surface area contributed by atoms with Crippen molar-refractivity contribution in [2.45, 2.75) is 29.9 Å². The summed E-state index contributed by atoms with van der Waals surface area (Å²) in [4.78, 5) is 24.3. The van der Waals surface area contributed by atoms with Gasteiger partial charge in [0.05, 0.1) is 33.7 Å². The van der Waals surface area contributed by atoms with Crippen LogP contribution in [0.5, 0.6) is 0 Å². The van der Waals surface area contributed by atoms with E-state index >= 15 is 0 Å². The van der Waals surface area contributed by atoms with Gasteiger partial charge in [-0.1, -0.05) is 35.1 Å². The zero-order valence-electron chi connectivity index (χ0n) is 17.8. The van der Waals surface area contributed by atoms with Crippen LogP contribution in [0, 0.1) is 6.92 Å². The molecule has 0 fully saturated rings. The smallest absolute Gasteiger partial charge is 0.193 e. The molecule has 0 amide bonds. The quantitative estimate of drug-likeness (QED) is 0.211. The van der Waals surface area contributed by atoms with E-state index in [-0.39, 0.29) is 6.61 Å². The molecule has 0 radical (unpaired) electrons. The number of nitrogens with zero attached hydrogens (tertiary/aromatic N) is 5. The van der Waals surface area contributed by atoms with Crippen LogP contribution >= 0.6 is 34.7 Å². The zero-order valence-corrected chi connectivity index (χ0v) is 20.2. The number of nitrogens with one attached hydrogen (secondary N) is 2. The summed E-state index contributed by atoms with van der Waals surface area (Å²) in [6.07, 6.45) is 5.89. The van der Waals surface area contributed by atoms with Gasteiger partial charge in [-0.3, -0.25) is 4.98 Å². The fraction of sp³-hybridized carbons (Fsp3) is 0.227. The lowest BCUT2D eigenvalue weighted by atomic mass is 10.3. The fourth-order valence-electron chi connectivity index (χ4n) is 2.83. The van der Waals surface area contributed by atoms with Gasteiger partial charge in [-0.05, 0) is 49.9 Å². The molecule has 3 heterocycles. The topological polar surface area (TPSA) is 109 Å². The molecular weight excluding hydrogens is 478 g/mol. The van der Waals surface area contributed by atoms with Gasteiger partial charge in [0.1, 0.15) is 0 Å². The van der Waals surface area contributed by atoms with Crippen molar-refractivity contribution in [3.05, 3.63) is 65.3 Å². The molecule has 0 saturated carbocycles. The second-order valence-electron chi connectivity index (χ2n) is 7.01. The molecule has 170 valence electrons. The Morgan fingerprint density at radius 3 is 2.76 bits per heavy atom. The summed E-state index contributed by atoms with van der Waals surface area (Å²) in [5, 5.41) is 17.2. The van der Waals surface area contributed by atoms with E-state index in [0.29, 0.717) is 34.1 Å². The Morgan fingerprint density at radius 1 is 1.09 bits per heavy atom. The van der Waals surface area contributed by atoms with E-state index in [0.717, 1.165) is 33.4 Å². The van der Waals surface area contributed by atoms with E-state index in [1.165, 1.54) is 23.1 Å². The van der Waals surface area contributed by atoms with Crippen LogP contribution in [0.25, 0.3) is 10.6 Å². The summed E-state index contributed by atoms with van der Waals surface area (Å²) in [7, 11) is 0. The van der Waals surface area contributed by atoms with Gasteiger partial charge in [0.15, 0.2) is 16.1 Å². The highest BCUT2D eigenvalue weighted by Gasteiger charge is 2.12. The summed E-state index contributed by atoms with van der Waals surface area (Å²) in [5.74, 6) is 0.615. The van der Waals surface area contributed by atoms with Gasteiger partial charge in [-0.2, -0.15) is 0 Å². The Balaban J connectivity index is 1.43. The molecule has 0 spiro atoms. The third-order valence-electron chi connectivity index (χ3n) is 4.39. The number of hydrogen-bond acceptors (Lipinski definition) is 10. The number of thiazole rings is 1. The Kier molecular flexibility index (Phi) is 8.19. The van der Waals surface area contributed by atoms with Gasteiger partial charge in [0.25, 0.3) is 0 Å². The Morgan fingerprint density at radius 2 is 1.97 bits per heavy atom. The number of anilines is 2. The minimum Gasteiger partial charge on any atom is -0.396 e. The minimum absolute atomic E-state index is 0.174. The van der Waals surface area contributed by atoms with Crippen molar-refractivity contribution in [2.24, 2.45) is 0 Å². The SMILES string of the molecule is Cc1cc(-c2cnc(Nc3cnc(CNCCCO)cn3)s2)nc(Sc2ccccc2Cl)n1. The van der Waals surface area contributed by atoms with Crippen molar-refractivity contribution in [1.29, 1.82) is 0 Å². The van der Waals surface area contributed by atoms with Gasteiger partial charge in [0.2, 0.25) is 0 Å². The summed E-state index contributed by atoms with van der Waals surface area (Å²) in [6, 6.07) is 9.58. The van der Waals surface area contributed by atoms with E-state index in [4.69, 9.17) is 21.7 Å². The first-order valence-electron chi connectivity index (χ1n) is 10.2. The normalized spacial score (nSPS) is 11.0. The molecule has 0 aliphatic rings. The highest BCUT2D eigenvalue weighted by atomic mass is 35.5. The van der Waals surface area contributed by atoms with Crippen LogP contribution in [0.15, 0.2) is 59.0 Å². The van der Waals surface area contributed by atoms with Crippen molar-refractivity contribution >= 4 is 45.6 Å². The lowest BCUT2D eigenvalue weighted by Crippen LogP contribution is -2.16. The number of aromatic nitrogens is 5. The molecule has 0 aliphatic heterocycles. The van der Waals surface area contributed by atoms with E-state index in [9.17, 15) is 0 Å². The molecule has 3 N–H and O–H groups in total. The lowest BCUT2D eigenvalue weighted by molar-refractivity contribution is 0.286. The summed E-state index contributed by atoms with van der Waals surface area (Å²) in [6.45, 7) is 3.46. The average Bonchev–Trinajstić information content (AvgIpc) is 3.28. The van der Waals surface area contributed by atoms with E-state index in [2.05, 4.69) is 30.6 Å². The molecule has 4 rings (SSSR count). The molecule has 0 bridgehead atoms. The maximum absolute atomic E-state index is 8.82. The van der Waals surface area contributed by atoms with Gasteiger partial charge >= 0.3 is 0 Å². The van der Waals surface area contributed by atoms with Crippen molar-refractivity contribution in [2.75, 3.05) is 18.5 Å². The van der Waals surface area contributed by atoms with Crippen LogP contribution in [-0.2, 0) is 6.54 Å². The second kappa shape index (κ2) is 11.5. The Labute approximate surface area is 204 Å². The third kappa shape index (κ3) is 6.68. The predicted molar refractivity (Wildman–Crippen MR) is 132 cm³/mol. The molecule has 11 heteroatoms. The molecule has 4 aromatic rings. The molecule has 1 aromatic carbocycles. The second-order valence-corrected chi connectivity index (χ2v) is 9.46. The number of aliphatic hydroxyl groups is 1. The molecule has 33 heavy (non-hydrogen) atoms. The maximum atomic E-state index is 8.82. The van der Waals surface area contributed by atoms with Crippen LogP contribution in [-0.4, -0.2) is 43.2 Å². The van der Waals surface area contributed by atoms with Crippen molar-refractivity contribution < 1.29 is 5.11 Å². The number of halogens is 1. The zero-order chi connectivity index (χ0) is 23.0. The van der Waals surface area contributed by atoms with Gasteiger partial charge < -0.3 is 15.7 Å². The number of benzene rings is 1. The maximum Gasteiger partial charge on any atom is 0.193 e. The highest BCUT2D eigenvalue weighted by molar-refractivity contribution is 7.99. The largest absolute Gasteiger partial charge is 0.396 e. The van der Waals surface area contributed by atoms with Crippen LogP contribution < -0.4 is 10.6 Å². The highest BCUT2D eigenvalue weighted by Crippen LogP contribution is 2.34.